The van der Waals surface area contributed by atoms with Gasteiger partial charge in [0.05, 0.1) is 6.04 Å². The molecule has 156 valence electrons. The highest BCUT2D eigenvalue weighted by molar-refractivity contribution is 5.81. The van der Waals surface area contributed by atoms with E-state index in [2.05, 4.69) is 41.4 Å². The first-order chi connectivity index (χ1) is 14.0. The van der Waals surface area contributed by atoms with Gasteiger partial charge < -0.3 is 15.0 Å². The van der Waals surface area contributed by atoms with Crippen LogP contribution in [0.25, 0.3) is 0 Å². The molecule has 1 heterocycles. The van der Waals surface area contributed by atoms with Crippen LogP contribution in [-0.2, 0) is 4.79 Å². The number of nitrogens with one attached hydrogen (secondary N) is 1. The highest BCUT2D eigenvalue weighted by Gasteiger charge is 2.21. The van der Waals surface area contributed by atoms with Crippen molar-refractivity contribution in [2.24, 2.45) is 5.92 Å². The van der Waals surface area contributed by atoms with Gasteiger partial charge in [0, 0.05) is 18.8 Å². The van der Waals surface area contributed by atoms with Crippen molar-refractivity contribution in [3.05, 3.63) is 59.7 Å². The number of rotatable bonds is 7. The highest BCUT2D eigenvalue weighted by atomic mass is 16.5. The van der Waals surface area contributed by atoms with Crippen LogP contribution < -0.4 is 15.0 Å². The summed E-state index contributed by atoms with van der Waals surface area (Å²) in [5, 5.41) is 3.11. The zero-order chi connectivity index (χ0) is 20.8. The van der Waals surface area contributed by atoms with Crippen LogP contribution >= 0.6 is 0 Å². The molecule has 2 atom stereocenters. The van der Waals surface area contributed by atoms with Crippen molar-refractivity contribution in [1.82, 2.24) is 5.32 Å². The molecule has 1 amide bonds. The third-order valence-electron chi connectivity index (χ3n) is 5.83. The summed E-state index contributed by atoms with van der Waals surface area (Å²) in [6.45, 7) is 10.6. The maximum absolute atomic E-state index is 12.7. The zero-order valence-electron chi connectivity index (χ0n) is 18.2. The van der Waals surface area contributed by atoms with Crippen LogP contribution in [0.3, 0.4) is 0 Å². The minimum absolute atomic E-state index is 0.0620. The average molecular weight is 395 g/mol. The molecule has 3 rings (SSSR count). The summed E-state index contributed by atoms with van der Waals surface area (Å²) in [4.78, 5) is 15.2. The predicted octanol–water partition coefficient (Wildman–Crippen LogP) is 5.27. The highest BCUT2D eigenvalue weighted by Crippen LogP contribution is 2.25. The largest absolute Gasteiger partial charge is 0.481 e. The van der Waals surface area contributed by atoms with Gasteiger partial charge in [0.25, 0.3) is 5.91 Å². The Hall–Kier alpha value is -2.49. The summed E-state index contributed by atoms with van der Waals surface area (Å²) in [7, 11) is 0. The molecule has 4 nitrogen and oxygen atoms in total. The molecule has 2 aromatic carbocycles. The SMILES string of the molecule is CC[C@@H](Oc1cccc(C)c1)C(=O)N[C@H](C)c1ccc(N2CCC(C)CC2)cc1. The van der Waals surface area contributed by atoms with Crippen molar-refractivity contribution in [3.63, 3.8) is 0 Å². The minimum atomic E-state index is -0.492. The summed E-state index contributed by atoms with van der Waals surface area (Å²) in [5.41, 5.74) is 3.50. The number of anilines is 1. The molecule has 1 aliphatic heterocycles. The Morgan fingerprint density at radius 1 is 1.17 bits per heavy atom. The minimum Gasteiger partial charge on any atom is -0.481 e. The number of hydrogen-bond acceptors (Lipinski definition) is 3. The fourth-order valence-electron chi connectivity index (χ4n) is 3.81. The lowest BCUT2D eigenvalue weighted by Crippen LogP contribution is -2.39. The Morgan fingerprint density at radius 2 is 1.86 bits per heavy atom. The zero-order valence-corrected chi connectivity index (χ0v) is 18.2. The Morgan fingerprint density at radius 3 is 2.48 bits per heavy atom. The maximum Gasteiger partial charge on any atom is 0.261 e. The Kier molecular flexibility index (Phi) is 7.18. The van der Waals surface area contributed by atoms with Gasteiger partial charge in [0.15, 0.2) is 6.10 Å². The monoisotopic (exact) mass is 394 g/mol. The quantitative estimate of drug-likeness (QED) is 0.696. The first kappa shape index (κ1) is 21.2. The molecule has 4 heteroatoms. The van der Waals surface area contributed by atoms with Crippen LogP contribution in [0.2, 0.25) is 0 Å². The smallest absolute Gasteiger partial charge is 0.261 e. The molecule has 1 N–H and O–H groups in total. The number of aryl methyl sites for hydroxylation is 1. The van der Waals surface area contributed by atoms with Crippen LogP contribution in [-0.4, -0.2) is 25.1 Å². The summed E-state index contributed by atoms with van der Waals surface area (Å²) in [5.74, 6) is 1.49. The molecule has 0 aliphatic carbocycles. The second-order valence-electron chi connectivity index (χ2n) is 8.32. The Labute approximate surface area is 175 Å². The molecule has 0 aromatic heterocycles. The van der Waals surface area contributed by atoms with Gasteiger partial charge in [0.2, 0.25) is 0 Å². The van der Waals surface area contributed by atoms with Crippen molar-refractivity contribution in [1.29, 1.82) is 0 Å². The number of ether oxygens (including phenoxy) is 1. The number of piperidine rings is 1. The number of nitrogens with zero attached hydrogens (tertiary/aromatic N) is 1. The van der Waals surface area contributed by atoms with E-state index in [4.69, 9.17) is 4.74 Å². The molecular weight excluding hydrogens is 360 g/mol. The van der Waals surface area contributed by atoms with Gasteiger partial charge >= 0.3 is 0 Å². The summed E-state index contributed by atoms with van der Waals surface area (Å²) in [6, 6.07) is 16.4. The molecule has 0 radical (unpaired) electrons. The van der Waals surface area contributed by atoms with Crippen LogP contribution in [0.15, 0.2) is 48.5 Å². The number of carbonyl (C=O) groups excluding carboxylic acids is 1. The summed E-state index contributed by atoms with van der Waals surface area (Å²) >= 11 is 0. The van der Waals surface area contributed by atoms with E-state index in [-0.39, 0.29) is 11.9 Å². The van der Waals surface area contributed by atoms with Crippen molar-refractivity contribution in [2.45, 2.75) is 59.1 Å². The molecule has 1 saturated heterocycles. The van der Waals surface area contributed by atoms with Gasteiger partial charge in [-0.1, -0.05) is 38.1 Å². The molecule has 0 bridgehead atoms. The van der Waals surface area contributed by atoms with E-state index in [9.17, 15) is 4.79 Å². The molecule has 0 saturated carbocycles. The molecule has 2 aromatic rings. The second-order valence-corrected chi connectivity index (χ2v) is 8.32. The Bertz CT molecular complexity index is 795. The van der Waals surface area contributed by atoms with E-state index >= 15 is 0 Å². The molecule has 29 heavy (non-hydrogen) atoms. The van der Waals surface area contributed by atoms with Gasteiger partial charge in [-0.15, -0.1) is 0 Å². The number of hydrogen-bond donors (Lipinski definition) is 1. The fourth-order valence-corrected chi connectivity index (χ4v) is 3.81. The number of benzene rings is 2. The van der Waals surface area contributed by atoms with E-state index in [1.54, 1.807) is 0 Å². The van der Waals surface area contributed by atoms with Gasteiger partial charge in [-0.2, -0.15) is 0 Å². The van der Waals surface area contributed by atoms with Crippen molar-refractivity contribution in [2.75, 3.05) is 18.0 Å². The Balaban J connectivity index is 1.58. The molecule has 1 fully saturated rings. The average Bonchev–Trinajstić information content (AvgIpc) is 2.72. The van der Waals surface area contributed by atoms with Crippen molar-refractivity contribution >= 4 is 11.6 Å². The van der Waals surface area contributed by atoms with Crippen LogP contribution in [0.4, 0.5) is 5.69 Å². The lowest BCUT2D eigenvalue weighted by molar-refractivity contribution is -0.128. The molecule has 0 spiro atoms. The third kappa shape index (κ3) is 5.75. The van der Waals surface area contributed by atoms with E-state index in [0.717, 1.165) is 35.9 Å². The van der Waals surface area contributed by atoms with E-state index in [1.165, 1.54) is 18.5 Å². The first-order valence-corrected chi connectivity index (χ1v) is 10.8. The van der Waals surface area contributed by atoms with Gasteiger partial charge in [-0.25, -0.2) is 0 Å². The van der Waals surface area contributed by atoms with E-state index < -0.39 is 6.10 Å². The second kappa shape index (κ2) is 9.82. The fraction of sp³-hybridized carbons (Fsp3) is 0.480. The predicted molar refractivity (Wildman–Crippen MR) is 119 cm³/mol. The lowest BCUT2D eigenvalue weighted by Gasteiger charge is -2.32. The molecule has 1 aliphatic rings. The maximum atomic E-state index is 12.7. The standard InChI is InChI=1S/C25H34N2O2/c1-5-24(29-23-8-6-7-19(3)17-23)25(28)26-20(4)21-9-11-22(12-10-21)27-15-13-18(2)14-16-27/h6-12,17-18,20,24H,5,13-16H2,1-4H3,(H,26,28)/t20-,24-/m1/s1. The van der Waals surface area contributed by atoms with Crippen molar-refractivity contribution < 1.29 is 9.53 Å². The van der Waals surface area contributed by atoms with Gasteiger partial charge in [-0.3, -0.25) is 4.79 Å². The van der Waals surface area contributed by atoms with Crippen LogP contribution in [0, 0.1) is 12.8 Å². The number of carbonyl (C=O) groups is 1. The van der Waals surface area contributed by atoms with Crippen LogP contribution in [0.5, 0.6) is 5.75 Å². The topological polar surface area (TPSA) is 41.6 Å². The summed E-state index contributed by atoms with van der Waals surface area (Å²) < 4.78 is 5.93. The number of amides is 1. The lowest BCUT2D eigenvalue weighted by atomic mass is 9.98. The molecular formula is C25H34N2O2. The van der Waals surface area contributed by atoms with Crippen LogP contribution in [0.1, 0.15) is 57.2 Å². The van der Waals surface area contributed by atoms with Gasteiger partial charge in [0.1, 0.15) is 5.75 Å². The normalized spacial score (nSPS) is 16.9. The van der Waals surface area contributed by atoms with Crippen molar-refractivity contribution in [3.8, 4) is 5.75 Å². The van der Waals surface area contributed by atoms with Gasteiger partial charge in [-0.05, 0) is 74.4 Å². The molecule has 0 unspecified atom stereocenters. The van der Waals surface area contributed by atoms with E-state index in [0.29, 0.717) is 6.42 Å². The van der Waals surface area contributed by atoms with E-state index in [1.807, 2.05) is 45.0 Å². The third-order valence-corrected chi connectivity index (χ3v) is 5.83. The summed E-state index contributed by atoms with van der Waals surface area (Å²) in [6.07, 6.45) is 2.65. The first-order valence-electron chi connectivity index (χ1n) is 10.8.